The van der Waals surface area contributed by atoms with E-state index in [0.29, 0.717) is 6.04 Å². The van der Waals surface area contributed by atoms with Gasteiger partial charge in [0.1, 0.15) is 0 Å². The van der Waals surface area contributed by atoms with Crippen LogP contribution in [0.2, 0.25) is 0 Å². The van der Waals surface area contributed by atoms with Gasteiger partial charge in [-0.1, -0.05) is 13.3 Å². The Morgan fingerprint density at radius 3 is 3.06 bits per heavy atom. The molecule has 0 saturated carbocycles. The van der Waals surface area contributed by atoms with E-state index in [0.717, 1.165) is 6.54 Å². The Kier molecular flexibility index (Phi) is 4.40. The van der Waals surface area contributed by atoms with Gasteiger partial charge in [0.05, 0.1) is 11.7 Å². The van der Waals surface area contributed by atoms with Crippen molar-refractivity contribution < 1.29 is 0 Å². The fourth-order valence-electron chi connectivity index (χ4n) is 2.34. The zero-order valence-electron chi connectivity index (χ0n) is 11.1. The molecule has 3 nitrogen and oxygen atoms in total. The number of nitrogens with one attached hydrogen (secondary N) is 1. The highest BCUT2D eigenvalue weighted by Gasteiger charge is 2.24. The van der Waals surface area contributed by atoms with E-state index in [1.165, 1.54) is 47.8 Å². The number of fused-ring (bicyclic) bond motifs is 1. The number of aryl methyl sites for hydroxylation is 1. The van der Waals surface area contributed by atoms with E-state index in [4.69, 9.17) is 4.98 Å². The van der Waals surface area contributed by atoms with Gasteiger partial charge in [0, 0.05) is 18.5 Å². The molecule has 1 aromatic rings. The lowest BCUT2D eigenvalue weighted by molar-refractivity contribution is 0.489. The Balaban J connectivity index is 2.12. The third-order valence-corrected chi connectivity index (χ3v) is 4.71. The molecule has 1 N–H and O–H groups in total. The number of thiazole rings is 1. The van der Waals surface area contributed by atoms with Crippen molar-refractivity contribution >= 4 is 16.5 Å². The molecule has 1 unspecified atom stereocenters. The van der Waals surface area contributed by atoms with Crippen LogP contribution in [0, 0.1) is 0 Å². The van der Waals surface area contributed by atoms with Gasteiger partial charge in [-0.2, -0.15) is 0 Å². The van der Waals surface area contributed by atoms with E-state index < -0.39 is 0 Å². The molecule has 1 aliphatic carbocycles. The Labute approximate surface area is 108 Å². The summed E-state index contributed by atoms with van der Waals surface area (Å²) in [4.78, 5) is 8.64. The average Bonchev–Trinajstić information content (AvgIpc) is 2.79. The molecule has 0 amide bonds. The number of hydrogen-bond acceptors (Lipinski definition) is 4. The van der Waals surface area contributed by atoms with Gasteiger partial charge in [0.25, 0.3) is 0 Å². The van der Waals surface area contributed by atoms with Crippen LogP contribution in [-0.2, 0) is 6.42 Å². The highest BCUT2D eigenvalue weighted by molar-refractivity contribution is 7.15. The molecule has 1 aromatic heterocycles. The molecule has 0 fully saturated rings. The topological polar surface area (TPSA) is 28.2 Å². The van der Waals surface area contributed by atoms with Crippen molar-refractivity contribution in [2.45, 2.75) is 45.1 Å². The maximum atomic E-state index is 4.84. The second-order valence-corrected chi connectivity index (χ2v) is 5.88. The maximum Gasteiger partial charge on any atom is 0.185 e. The predicted molar refractivity (Wildman–Crippen MR) is 75.0 cm³/mol. The van der Waals surface area contributed by atoms with Crippen molar-refractivity contribution in [2.24, 2.45) is 0 Å². The van der Waals surface area contributed by atoms with Gasteiger partial charge >= 0.3 is 0 Å². The molecule has 0 bridgehead atoms. The first-order valence-corrected chi connectivity index (χ1v) is 7.46. The molecule has 0 aromatic carbocycles. The fraction of sp³-hybridized carbons (Fsp3) is 0.769. The Morgan fingerprint density at radius 2 is 2.35 bits per heavy atom. The fourth-order valence-corrected chi connectivity index (χ4v) is 3.49. The van der Waals surface area contributed by atoms with Crippen LogP contribution in [0.1, 0.15) is 49.2 Å². The molecule has 17 heavy (non-hydrogen) atoms. The summed E-state index contributed by atoms with van der Waals surface area (Å²) >= 11 is 1.89. The number of nitrogens with zero attached hydrogens (tertiary/aromatic N) is 2. The van der Waals surface area contributed by atoms with Crippen molar-refractivity contribution in [2.75, 3.05) is 25.5 Å². The van der Waals surface area contributed by atoms with Crippen LogP contribution in [0.4, 0.5) is 5.13 Å². The van der Waals surface area contributed by atoms with Crippen LogP contribution >= 0.6 is 11.3 Å². The SMILES string of the molecule is CCCCN(C)c1nc2c(s1)CCCC2NC. The summed E-state index contributed by atoms with van der Waals surface area (Å²) in [7, 11) is 4.20. The molecule has 96 valence electrons. The van der Waals surface area contributed by atoms with Crippen molar-refractivity contribution in [1.29, 1.82) is 0 Å². The molecular formula is C13H23N3S. The second kappa shape index (κ2) is 5.83. The predicted octanol–water partition coefficient (Wildman–Crippen LogP) is 2.98. The summed E-state index contributed by atoms with van der Waals surface area (Å²) in [5.41, 5.74) is 1.31. The standard InChI is InChI=1S/C13H23N3S/c1-4-5-9-16(3)13-15-12-10(14-2)7-6-8-11(12)17-13/h10,14H,4-9H2,1-3H3. The smallest absolute Gasteiger partial charge is 0.185 e. The monoisotopic (exact) mass is 253 g/mol. The zero-order valence-corrected chi connectivity index (χ0v) is 11.9. The van der Waals surface area contributed by atoms with Gasteiger partial charge < -0.3 is 10.2 Å². The van der Waals surface area contributed by atoms with E-state index >= 15 is 0 Å². The zero-order chi connectivity index (χ0) is 12.3. The van der Waals surface area contributed by atoms with Crippen molar-refractivity contribution in [3.8, 4) is 0 Å². The molecule has 0 aliphatic heterocycles. The van der Waals surface area contributed by atoms with Crippen molar-refractivity contribution in [1.82, 2.24) is 10.3 Å². The van der Waals surface area contributed by atoms with Gasteiger partial charge in [-0.3, -0.25) is 0 Å². The maximum absolute atomic E-state index is 4.84. The first-order chi connectivity index (χ1) is 8.26. The molecule has 0 spiro atoms. The highest BCUT2D eigenvalue weighted by Crippen LogP contribution is 2.36. The summed E-state index contributed by atoms with van der Waals surface area (Å²) in [5, 5.41) is 4.58. The minimum absolute atomic E-state index is 0.475. The molecular weight excluding hydrogens is 230 g/mol. The normalized spacial score (nSPS) is 19.1. The first kappa shape index (κ1) is 12.8. The summed E-state index contributed by atoms with van der Waals surface area (Å²) in [5.74, 6) is 0. The van der Waals surface area contributed by atoms with E-state index in [9.17, 15) is 0 Å². The third kappa shape index (κ3) is 2.80. The van der Waals surface area contributed by atoms with Crippen LogP contribution in [0.3, 0.4) is 0 Å². The van der Waals surface area contributed by atoms with Gasteiger partial charge in [0.2, 0.25) is 0 Å². The van der Waals surface area contributed by atoms with E-state index in [1.807, 2.05) is 18.4 Å². The van der Waals surface area contributed by atoms with Crippen molar-refractivity contribution in [3.63, 3.8) is 0 Å². The lowest BCUT2D eigenvalue weighted by Gasteiger charge is -2.19. The summed E-state index contributed by atoms with van der Waals surface area (Å²) in [6.07, 6.45) is 6.22. The summed E-state index contributed by atoms with van der Waals surface area (Å²) in [6, 6.07) is 0.475. The van der Waals surface area contributed by atoms with Gasteiger partial charge in [-0.15, -0.1) is 11.3 Å². The number of unbranched alkanes of at least 4 members (excludes halogenated alkanes) is 1. The van der Waals surface area contributed by atoms with Gasteiger partial charge in [0.15, 0.2) is 5.13 Å². The average molecular weight is 253 g/mol. The minimum Gasteiger partial charge on any atom is -0.351 e. The lowest BCUT2D eigenvalue weighted by Crippen LogP contribution is -2.22. The Bertz CT molecular complexity index is 362. The first-order valence-electron chi connectivity index (χ1n) is 6.64. The third-order valence-electron chi connectivity index (χ3n) is 3.47. The molecule has 1 heterocycles. The van der Waals surface area contributed by atoms with Crippen molar-refractivity contribution in [3.05, 3.63) is 10.6 Å². The second-order valence-electron chi connectivity index (χ2n) is 4.81. The van der Waals surface area contributed by atoms with Crippen LogP contribution < -0.4 is 10.2 Å². The lowest BCUT2D eigenvalue weighted by atomic mass is 9.98. The van der Waals surface area contributed by atoms with Crippen LogP contribution in [0.25, 0.3) is 0 Å². The van der Waals surface area contributed by atoms with E-state index in [-0.39, 0.29) is 0 Å². The van der Waals surface area contributed by atoms with E-state index in [2.05, 4.69) is 24.2 Å². The molecule has 0 saturated heterocycles. The number of anilines is 1. The van der Waals surface area contributed by atoms with Crippen LogP contribution in [0.15, 0.2) is 0 Å². The number of aromatic nitrogens is 1. The van der Waals surface area contributed by atoms with Crippen LogP contribution in [-0.4, -0.2) is 25.6 Å². The Hall–Kier alpha value is -0.610. The van der Waals surface area contributed by atoms with Gasteiger partial charge in [-0.25, -0.2) is 4.98 Å². The Morgan fingerprint density at radius 1 is 1.53 bits per heavy atom. The molecule has 2 rings (SSSR count). The highest BCUT2D eigenvalue weighted by atomic mass is 32.1. The minimum atomic E-state index is 0.475. The molecule has 0 radical (unpaired) electrons. The summed E-state index contributed by atoms with van der Waals surface area (Å²) in [6.45, 7) is 3.35. The van der Waals surface area contributed by atoms with Crippen LogP contribution in [0.5, 0.6) is 0 Å². The quantitative estimate of drug-likeness (QED) is 0.874. The largest absolute Gasteiger partial charge is 0.351 e. The number of hydrogen-bond donors (Lipinski definition) is 1. The van der Waals surface area contributed by atoms with Gasteiger partial charge in [-0.05, 0) is 32.7 Å². The van der Waals surface area contributed by atoms with E-state index in [1.54, 1.807) is 0 Å². The number of rotatable bonds is 5. The molecule has 1 aliphatic rings. The summed E-state index contributed by atoms with van der Waals surface area (Å²) < 4.78 is 0. The molecule has 1 atom stereocenters. The molecule has 4 heteroatoms.